The first-order chi connectivity index (χ1) is 37.5. The van der Waals surface area contributed by atoms with Crippen molar-refractivity contribution >= 4 is 17.9 Å². The summed E-state index contributed by atoms with van der Waals surface area (Å²) in [5, 5.41) is 0. The highest BCUT2D eigenvalue weighted by Gasteiger charge is 2.19. The van der Waals surface area contributed by atoms with Gasteiger partial charge in [0.2, 0.25) is 0 Å². The van der Waals surface area contributed by atoms with Gasteiger partial charge in [0, 0.05) is 19.3 Å². The zero-order chi connectivity index (χ0) is 55.0. The third-order valence-corrected chi connectivity index (χ3v) is 15.1. The topological polar surface area (TPSA) is 78.9 Å². The molecule has 0 radical (unpaired) electrons. The van der Waals surface area contributed by atoms with Gasteiger partial charge in [-0.2, -0.15) is 0 Å². The minimum atomic E-state index is -0.766. The molecular formula is C70H128O6. The molecule has 0 aliphatic rings. The van der Waals surface area contributed by atoms with E-state index in [2.05, 4.69) is 69.4 Å². The van der Waals surface area contributed by atoms with Crippen LogP contribution < -0.4 is 0 Å². The second-order valence-corrected chi connectivity index (χ2v) is 22.7. The van der Waals surface area contributed by atoms with Gasteiger partial charge >= 0.3 is 17.9 Å². The van der Waals surface area contributed by atoms with Gasteiger partial charge in [-0.15, -0.1) is 0 Å². The first-order valence-electron chi connectivity index (χ1n) is 33.6. The highest BCUT2D eigenvalue weighted by atomic mass is 16.6. The number of hydrogen-bond acceptors (Lipinski definition) is 6. The van der Waals surface area contributed by atoms with E-state index in [0.29, 0.717) is 19.3 Å². The van der Waals surface area contributed by atoms with Crippen LogP contribution in [0.1, 0.15) is 361 Å². The van der Waals surface area contributed by atoms with E-state index in [0.717, 1.165) is 83.5 Å². The number of ether oxygens (including phenoxy) is 3. The van der Waals surface area contributed by atoms with Crippen molar-refractivity contribution in [1.82, 2.24) is 0 Å². The summed E-state index contributed by atoms with van der Waals surface area (Å²) >= 11 is 0. The Morgan fingerprint density at radius 3 is 0.803 bits per heavy atom. The predicted octanol–water partition coefficient (Wildman–Crippen LogP) is 22.9. The SMILES string of the molecule is CC/C=C\C/C=C\C/C=C\C/C=C\CCCCCCCCCCCCCCCCCCC(=O)OCC(COC(=O)CCCCCCCC)OC(=O)CCCCCCCCCCCCCCCCCCCCCCCCC. The Bertz CT molecular complexity index is 1310. The lowest BCUT2D eigenvalue weighted by molar-refractivity contribution is -0.167. The molecule has 0 aromatic rings. The zero-order valence-corrected chi connectivity index (χ0v) is 51.0. The normalized spacial score (nSPS) is 12.3. The fourth-order valence-electron chi connectivity index (χ4n) is 10.1. The smallest absolute Gasteiger partial charge is 0.306 e. The number of esters is 3. The lowest BCUT2D eigenvalue weighted by atomic mass is 10.0. The van der Waals surface area contributed by atoms with Crippen LogP contribution in [0.25, 0.3) is 0 Å². The maximum atomic E-state index is 12.9. The Balaban J connectivity index is 3.99. The maximum absolute atomic E-state index is 12.9. The van der Waals surface area contributed by atoms with Crippen LogP contribution in [-0.4, -0.2) is 37.2 Å². The van der Waals surface area contributed by atoms with E-state index < -0.39 is 6.10 Å². The molecule has 6 nitrogen and oxygen atoms in total. The van der Waals surface area contributed by atoms with Gasteiger partial charge in [0.25, 0.3) is 0 Å². The fraction of sp³-hybridized carbons (Fsp3) is 0.843. The maximum Gasteiger partial charge on any atom is 0.306 e. The van der Waals surface area contributed by atoms with Crippen molar-refractivity contribution in [2.24, 2.45) is 0 Å². The summed E-state index contributed by atoms with van der Waals surface area (Å²) in [5.41, 5.74) is 0. The average molecular weight is 1070 g/mol. The number of rotatable bonds is 62. The van der Waals surface area contributed by atoms with E-state index in [9.17, 15) is 14.4 Å². The minimum absolute atomic E-state index is 0.0674. The Labute approximate surface area is 473 Å². The molecule has 0 rings (SSSR count). The van der Waals surface area contributed by atoms with Gasteiger partial charge in [0.05, 0.1) is 0 Å². The van der Waals surface area contributed by atoms with E-state index in [1.165, 1.54) is 238 Å². The predicted molar refractivity (Wildman–Crippen MR) is 330 cm³/mol. The molecule has 0 saturated carbocycles. The molecule has 0 saturated heterocycles. The molecule has 1 unspecified atom stereocenters. The van der Waals surface area contributed by atoms with E-state index in [-0.39, 0.29) is 31.1 Å². The molecule has 0 bridgehead atoms. The molecule has 6 heteroatoms. The van der Waals surface area contributed by atoms with Gasteiger partial charge in [0.1, 0.15) is 13.2 Å². The van der Waals surface area contributed by atoms with Gasteiger partial charge < -0.3 is 14.2 Å². The lowest BCUT2D eigenvalue weighted by Crippen LogP contribution is -2.30. The van der Waals surface area contributed by atoms with Gasteiger partial charge in [-0.25, -0.2) is 0 Å². The first kappa shape index (κ1) is 73.4. The molecule has 444 valence electrons. The lowest BCUT2D eigenvalue weighted by Gasteiger charge is -2.18. The molecule has 0 heterocycles. The van der Waals surface area contributed by atoms with Crippen molar-refractivity contribution in [2.45, 2.75) is 367 Å². The molecule has 0 N–H and O–H groups in total. The van der Waals surface area contributed by atoms with Gasteiger partial charge in [-0.3, -0.25) is 14.4 Å². The van der Waals surface area contributed by atoms with Gasteiger partial charge in [0.15, 0.2) is 6.10 Å². The molecule has 0 fully saturated rings. The number of unbranched alkanes of at least 4 members (excludes halogenated alkanes) is 43. The van der Waals surface area contributed by atoms with Crippen LogP contribution in [-0.2, 0) is 28.6 Å². The van der Waals surface area contributed by atoms with E-state index >= 15 is 0 Å². The Kier molecular flexibility index (Phi) is 62.6. The van der Waals surface area contributed by atoms with Crippen molar-refractivity contribution < 1.29 is 28.6 Å². The van der Waals surface area contributed by atoms with Crippen LogP contribution in [0.4, 0.5) is 0 Å². The average Bonchev–Trinajstić information content (AvgIpc) is 3.42. The largest absolute Gasteiger partial charge is 0.462 e. The van der Waals surface area contributed by atoms with E-state index in [1.807, 2.05) is 0 Å². The molecule has 1 atom stereocenters. The molecule has 0 aromatic heterocycles. The summed E-state index contributed by atoms with van der Waals surface area (Å²) < 4.78 is 16.8. The van der Waals surface area contributed by atoms with Crippen molar-refractivity contribution in [3.8, 4) is 0 Å². The van der Waals surface area contributed by atoms with Crippen LogP contribution in [0.15, 0.2) is 48.6 Å². The van der Waals surface area contributed by atoms with Crippen molar-refractivity contribution in [3.63, 3.8) is 0 Å². The summed E-state index contributed by atoms with van der Waals surface area (Å²) in [6, 6.07) is 0. The molecule has 0 amide bonds. The highest BCUT2D eigenvalue weighted by Crippen LogP contribution is 2.18. The molecule has 0 spiro atoms. The summed E-state index contributed by atoms with van der Waals surface area (Å²) in [6.45, 7) is 6.53. The number of allylic oxidation sites excluding steroid dienone is 8. The van der Waals surface area contributed by atoms with Crippen molar-refractivity contribution in [3.05, 3.63) is 48.6 Å². The third kappa shape index (κ3) is 62.2. The van der Waals surface area contributed by atoms with Crippen LogP contribution in [0.5, 0.6) is 0 Å². The second kappa shape index (κ2) is 64.9. The molecule has 0 aliphatic carbocycles. The summed E-state index contributed by atoms with van der Waals surface area (Å²) in [5.74, 6) is -0.853. The third-order valence-electron chi connectivity index (χ3n) is 15.1. The van der Waals surface area contributed by atoms with Gasteiger partial charge in [-0.1, -0.05) is 333 Å². The van der Waals surface area contributed by atoms with Crippen LogP contribution in [0.3, 0.4) is 0 Å². The van der Waals surface area contributed by atoms with Gasteiger partial charge in [-0.05, 0) is 57.8 Å². The molecule has 0 aliphatic heterocycles. The Morgan fingerprint density at radius 1 is 0.276 bits per heavy atom. The summed E-state index contributed by atoms with van der Waals surface area (Å²) in [6.07, 6.45) is 81.8. The van der Waals surface area contributed by atoms with Crippen LogP contribution in [0, 0.1) is 0 Å². The molecule has 76 heavy (non-hydrogen) atoms. The van der Waals surface area contributed by atoms with E-state index in [4.69, 9.17) is 14.2 Å². The minimum Gasteiger partial charge on any atom is -0.462 e. The quantitative estimate of drug-likeness (QED) is 0.0261. The summed E-state index contributed by atoms with van der Waals surface area (Å²) in [7, 11) is 0. The van der Waals surface area contributed by atoms with Crippen molar-refractivity contribution in [1.29, 1.82) is 0 Å². The Hall–Kier alpha value is -2.63. The van der Waals surface area contributed by atoms with Crippen LogP contribution >= 0.6 is 0 Å². The van der Waals surface area contributed by atoms with Crippen molar-refractivity contribution in [2.75, 3.05) is 13.2 Å². The zero-order valence-electron chi connectivity index (χ0n) is 51.0. The molecular weight excluding hydrogens is 937 g/mol. The highest BCUT2D eigenvalue weighted by molar-refractivity contribution is 5.71. The second-order valence-electron chi connectivity index (χ2n) is 22.7. The molecule has 0 aromatic carbocycles. The monoisotopic (exact) mass is 1060 g/mol. The Morgan fingerprint density at radius 2 is 0.513 bits per heavy atom. The summed E-state index contributed by atoms with van der Waals surface area (Å²) in [4.78, 5) is 38.1. The van der Waals surface area contributed by atoms with E-state index in [1.54, 1.807) is 0 Å². The fourth-order valence-corrected chi connectivity index (χ4v) is 10.1. The first-order valence-corrected chi connectivity index (χ1v) is 33.6. The number of carbonyl (C=O) groups is 3. The van der Waals surface area contributed by atoms with Crippen LogP contribution in [0.2, 0.25) is 0 Å². The number of hydrogen-bond donors (Lipinski definition) is 0. The standard InChI is InChI=1S/C70H128O6/c1-4-7-10-13-16-18-20-22-24-26-28-30-32-33-34-35-36-37-39-40-42-44-46-48-50-52-54-57-60-63-69(72)75-66-67(65-74-68(71)62-59-56-15-12-9-6-3)76-70(73)64-61-58-55-53-51-49-47-45-43-41-38-31-29-27-25-23-21-19-17-14-11-8-5-2/h7,10,16,18,22,24,28,30,67H,4-6,8-9,11-15,17,19-21,23,25-27,29,31-66H2,1-3H3/b10-7-,18-16-,24-22-,30-28-. The number of carbonyl (C=O) groups excluding carboxylic acids is 3.